The number of amides is 1. The molecular formula is C22H22N2O2. The number of hydrogen-bond donors (Lipinski definition) is 0. The van der Waals surface area contributed by atoms with Crippen molar-refractivity contribution in [3.63, 3.8) is 0 Å². The summed E-state index contributed by atoms with van der Waals surface area (Å²) in [6.45, 7) is 1.63. The van der Waals surface area contributed by atoms with Gasteiger partial charge in [0.2, 0.25) is 11.8 Å². The van der Waals surface area contributed by atoms with E-state index in [4.69, 9.17) is 4.42 Å². The molecule has 0 bridgehead atoms. The summed E-state index contributed by atoms with van der Waals surface area (Å²) >= 11 is 0. The maximum Gasteiger partial charge on any atom is 0.246 e. The molecule has 0 spiro atoms. The van der Waals surface area contributed by atoms with Crippen LogP contribution in [-0.2, 0) is 11.2 Å². The standard InChI is InChI=1S/C22H22N2O2/c25-22(11-10-21-23-19-8-4-5-9-20(19)26-21)24-14-12-18(13-15-24)16-17-6-2-1-3-7-17/h1-11,18H,12-16H2. The number of carbonyl (C=O) groups is 1. The van der Waals surface area contributed by atoms with Crippen LogP contribution in [0.3, 0.4) is 0 Å². The monoisotopic (exact) mass is 346 g/mol. The molecule has 2 aromatic carbocycles. The summed E-state index contributed by atoms with van der Waals surface area (Å²) in [5, 5.41) is 0. The van der Waals surface area contributed by atoms with Gasteiger partial charge in [0.1, 0.15) is 5.52 Å². The lowest BCUT2D eigenvalue weighted by Crippen LogP contribution is -2.37. The van der Waals surface area contributed by atoms with Gasteiger partial charge in [-0.15, -0.1) is 0 Å². The lowest BCUT2D eigenvalue weighted by Gasteiger charge is -2.31. The van der Waals surface area contributed by atoms with Crippen LogP contribution in [0, 0.1) is 5.92 Å². The van der Waals surface area contributed by atoms with E-state index in [2.05, 4.69) is 29.2 Å². The van der Waals surface area contributed by atoms with Gasteiger partial charge in [-0.1, -0.05) is 42.5 Å². The lowest BCUT2D eigenvalue weighted by molar-refractivity contribution is -0.127. The van der Waals surface area contributed by atoms with E-state index in [-0.39, 0.29) is 5.91 Å². The first kappa shape index (κ1) is 16.6. The molecule has 132 valence electrons. The molecule has 1 aromatic heterocycles. The summed E-state index contributed by atoms with van der Waals surface area (Å²) in [6.07, 6.45) is 6.44. The predicted molar refractivity (Wildman–Crippen MR) is 102 cm³/mol. The third-order valence-electron chi connectivity index (χ3n) is 4.97. The van der Waals surface area contributed by atoms with E-state index in [9.17, 15) is 4.79 Å². The van der Waals surface area contributed by atoms with E-state index in [1.165, 1.54) is 5.56 Å². The first-order chi connectivity index (χ1) is 12.8. The largest absolute Gasteiger partial charge is 0.437 e. The fraction of sp³-hybridized carbons (Fsp3) is 0.273. The van der Waals surface area contributed by atoms with Crippen LogP contribution in [0.25, 0.3) is 17.2 Å². The van der Waals surface area contributed by atoms with Crippen molar-refractivity contribution in [1.29, 1.82) is 0 Å². The zero-order valence-electron chi connectivity index (χ0n) is 14.7. The summed E-state index contributed by atoms with van der Waals surface area (Å²) < 4.78 is 5.62. The van der Waals surface area contributed by atoms with Gasteiger partial charge in [0.15, 0.2) is 5.58 Å². The minimum atomic E-state index is 0.0328. The highest BCUT2D eigenvalue weighted by Crippen LogP contribution is 2.22. The van der Waals surface area contributed by atoms with Crippen LogP contribution < -0.4 is 0 Å². The third kappa shape index (κ3) is 3.85. The molecule has 0 N–H and O–H groups in total. The van der Waals surface area contributed by atoms with Crippen molar-refractivity contribution in [1.82, 2.24) is 9.88 Å². The number of carbonyl (C=O) groups excluding carboxylic acids is 1. The fourth-order valence-electron chi connectivity index (χ4n) is 3.51. The second-order valence-electron chi connectivity index (χ2n) is 6.81. The Morgan fingerprint density at radius 3 is 2.58 bits per heavy atom. The van der Waals surface area contributed by atoms with Crippen molar-refractivity contribution in [2.24, 2.45) is 5.92 Å². The molecule has 3 aromatic rings. The number of piperidine rings is 1. The highest BCUT2D eigenvalue weighted by molar-refractivity contribution is 5.91. The molecule has 0 saturated carbocycles. The van der Waals surface area contributed by atoms with Crippen LogP contribution in [0.15, 0.2) is 65.1 Å². The highest BCUT2D eigenvalue weighted by atomic mass is 16.3. The number of para-hydroxylation sites is 2. The Morgan fingerprint density at radius 1 is 1.08 bits per heavy atom. The average Bonchev–Trinajstić information content (AvgIpc) is 3.10. The van der Waals surface area contributed by atoms with Crippen LogP contribution in [0.1, 0.15) is 24.3 Å². The Hall–Kier alpha value is -2.88. The minimum Gasteiger partial charge on any atom is -0.437 e. The molecule has 4 nitrogen and oxygen atoms in total. The molecule has 0 aliphatic carbocycles. The Morgan fingerprint density at radius 2 is 1.81 bits per heavy atom. The second-order valence-corrected chi connectivity index (χ2v) is 6.81. The van der Waals surface area contributed by atoms with Gasteiger partial charge in [-0.3, -0.25) is 4.79 Å². The molecule has 26 heavy (non-hydrogen) atoms. The van der Waals surface area contributed by atoms with E-state index in [0.717, 1.165) is 43.5 Å². The highest BCUT2D eigenvalue weighted by Gasteiger charge is 2.21. The Labute approximate surface area is 153 Å². The van der Waals surface area contributed by atoms with Crippen LogP contribution in [-0.4, -0.2) is 28.9 Å². The van der Waals surface area contributed by atoms with Crippen molar-refractivity contribution in [2.45, 2.75) is 19.3 Å². The maximum absolute atomic E-state index is 12.4. The molecule has 1 amide bonds. The summed E-state index contributed by atoms with van der Waals surface area (Å²) in [7, 11) is 0. The van der Waals surface area contributed by atoms with Gasteiger partial charge >= 0.3 is 0 Å². The molecule has 0 atom stereocenters. The van der Waals surface area contributed by atoms with Crippen molar-refractivity contribution >= 4 is 23.1 Å². The second kappa shape index (κ2) is 7.56. The third-order valence-corrected chi connectivity index (χ3v) is 4.97. The molecule has 1 aliphatic heterocycles. The number of likely N-dealkylation sites (tertiary alicyclic amines) is 1. The molecule has 1 fully saturated rings. The van der Waals surface area contributed by atoms with Crippen molar-refractivity contribution in [3.8, 4) is 0 Å². The summed E-state index contributed by atoms with van der Waals surface area (Å²) in [6, 6.07) is 18.2. The van der Waals surface area contributed by atoms with Gasteiger partial charge in [-0.2, -0.15) is 0 Å². The van der Waals surface area contributed by atoms with Gasteiger partial charge in [0, 0.05) is 25.2 Å². The smallest absolute Gasteiger partial charge is 0.246 e. The lowest BCUT2D eigenvalue weighted by atomic mass is 9.90. The zero-order chi connectivity index (χ0) is 17.8. The topological polar surface area (TPSA) is 46.3 Å². The maximum atomic E-state index is 12.4. The van der Waals surface area contributed by atoms with E-state index in [1.807, 2.05) is 35.2 Å². The van der Waals surface area contributed by atoms with E-state index in [1.54, 1.807) is 12.2 Å². The van der Waals surface area contributed by atoms with E-state index in [0.29, 0.717) is 11.8 Å². The van der Waals surface area contributed by atoms with E-state index < -0.39 is 0 Å². The summed E-state index contributed by atoms with van der Waals surface area (Å²) in [5.74, 6) is 1.16. The number of nitrogens with zero attached hydrogens (tertiary/aromatic N) is 2. The van der Waals surface area contributed by atoms with Gasteiger partial charge in [0.05, 0.1) is 0 Å². The first-order valence-corrected chi connectivity index (χ1v) is 9.14. The van der Waals surface area contributed by atoms with Gasteiger partial charge in [-0.05, 0) is 42.9 Å². The van der Waals surface area contributed by atoms with Gasteiger partial charge in [-0.25, -0.2) is 4.98 Å². The molecule has 4 heteroatoms. The van der Waals surface area contributed by atoms with Gasteiger partial charge in [0.25, 0.3) is 0 Å². The number of fused-ring (bicyclic) bond motifs is 1. The number of oxazole rings is 1. The molecule has 4 rings (SSSR count). The van der Waals surface area contributed by atoms with Gasteiger partial charge < -0.3 is 9.32 Å². The predicted octanol–water partition coefficient (Wildman–Crippen LogP) is 4.32. The van der Waals surface area contributed by atoms with Crippen molar-refractivity contribution in [2.75, 3.05) is 13.1 Å². The van der Waals surface area contributed by atoms with Crippen molar-refractivity contribution < 1.29 is 9.21 Å². The Kier molecular flexibility index (Phi) is 4.82. The minimum absolute atomic E-state index is 0.0328. The fourth-order valence-corrected chi connectivity index (χ4v) is 3.51. The first-order valence-electron chi connectivity index (χ1n) is 9.14. The number of hydrogen-bond acceptors (Lipinski definition) is 3. The van der Waals surface area contributed by atoms with Crippen molar-refractivity contribution in [3.05, 3.63) is 72.1 Å². The number of aromatic nitrogens is 1. The molecule has 0 unspecified atom stereocenters. The van der Waals surface area contributed by atoms with Crippen LogP contribution in [0.4, 0.5) is 0 Å². The molecule has 1 aliphatic rings. The molecule has 0 radical (unpaired) electrons. The average molecular weight is 346 g/mol. The Bertz CT molecular complexity index is 873. The molecular weight excluding hydrogens is 324 g/mol. The normalized spacial score (nSPS) is 15.8. The Balaban J connectivity index is 1.32. The van der Waals surface area contributed by atoms with E-state index >= 15 is 0 Å². The molecule has 2 heterocycles. The summed E-state index contributed by atoms with van der Waals surface area (Å²) in [4.78, 5) is 18.7. The van der Waals surface area contributed by atoms with Crippen LogP contribution >= 0.6 is 0 Å². The zero-order valence-corrected chi connectivity index (χ0v) is 14.7. The van der Waals surface area contributed by atoms with Crippen LogP contribution in [0.2, 0.25) is 0 Å². The number of rotatable bonds is 4. The summed E-state index contributed by atoms with van der Waals surface area (Å²) in [5.41, 5.74) is 2.93. The number of benzene rings is 2. The molecule has 1 saturated heterocycles. The SMILES string of the molecule is O=C(C=Cc1nc2ccccc2o1)N1CCC(Cc2ccccc2)CC1. The van der Waals surface area contributed by atoms with Crippen LogP contribution in [0.5, 0.6) is 0 Å². The quantitative estimate of drug-likeness (QED) is 0.661.